The lowest BCUT2D eigenvalue weighted by Gasteiger charge is -2.11. The molecule has 1 rings (SSSR count). The standard InChI is InChI=1S/C16H27ClN2O2/c1-12(2)8-18-9-14-7-15(17)16(19-10-14)21-6-5-20-11-13(3)4/h7,10,12-13,18H,5-6,8-9,11H2,1-4H3. The Labute approximate surface area is 133 Å². The van der Waals surface area contributed by atoms with Gasteiger partial charge in [-0.3, -0.25) is 0 Å². The van der Waals surface area contributed by atoms with Crippen molar-refractivity contribution < 1.29 is 9.47 Å². The van der Waals surface area contributed by atoms with Crippen molar-refractivity contribution in [1.29, 1.82) is 0 Å². The molecule has 0 aliphatic rings. The normalized spacial score (nSPS) is 11.4. The molecule has 0 aliphatic heterocycles. The summed E-state index contributed by atoms with van der Waals surface area (Å²) in [6, 6.07) is 1.90. The molecule has 4 nitrogen and oxygen atoms in total. The van der Waals surface area contributed by atoms with E-state index in [0.717, 1.165) is 25.3 Å². The summed E-state index contributed by atoms with van der Waals surface area (Å²) in [5.41, 5.74) is 1.06. The monoisotopic (exact) mass is 314 g/mol. The zero-order chi connectivity index (χ0) is 15.7. The van der Waals surface area contributed by atoms with Crippen LogP contribution in [0, 0.1) is 11.8 Å². The van der Waals surface area contributed by atoms with Gasteiger partial charge in [-0.2, -0.15) is 0 Å². The van der Waals surface area contributed by atoms with Gasteiger partial charge in [-0.1, -0.05) is 39.3 Å². The van der Waals surface area contributed by atoms with Gasteiger partial charge in [0.15, 0.2) is 0 Å². The topological polar surface area (TPSA) is 43.4 Å². The Kier molecular flexibility index (Phi) is 8.66. The van der Waals surface area contributed by atoms with Crippen molar-refractivity contribution in [3.05, 3.63) is 22.8 Å². The molecule has 1 aromatic heterocycles. The van der Waals surface area contributed by atoms with Gasteiger partial charge in [0.05, 0.1) is 6.61 Å². The lowest BCUT2D eigenvalue weighted by Crippen LogP contribution is -2.19. The molecule has 1 aromatic rings. The van der Waals surface area contributed by atoms with E-state index in [4.69, 9.17) is 21.1 Å². The minimum Gasteiger partial charge on any atom is -0.474 e. The summed E-state index contributed by atoms with van der Waals surface area (Å²) in [6.45, 7) is 12.1. The van der Waals surface area contributed by atoms with Crippen molar-refractivity contribution in [2.45, 2.75) is 34.2 Å². The fourth-order valence-electron chi connectivity index (χ4n) is 1.69. The van der Waals surface area contributed by atoms with Crippen LogP contribution in [0.3, 0.4) is 0 Å². The van der Waals surface area contributed by atoms with Gasteiger partial charge in [-0.15, -0.1) is 0 Å². The van der Waals surface area contributed by atoms with Gasteiger partial charge in [0, 0.05) is 19.3 Å². The van der Waals surface area contributed by atoms with Crippen molar-refractivity contribution in [1.82, 2.24) is 10.3 Å². The molecule has 5 heteroatoms. The maximum absolute atomic E-state index is 6.18. The number of hydrogen-bond acceptors (Lipinski definition) is 4. The highest BCUT2D eigenvalue weighted by Crippen LogP contribution is 2.22. The van der Waals surface area contributed by atoms with E-state index in [1.165, 1.54) is 0 Å². The Hall–Kier alpha value is -0.840. The number of ether oxygens (including phenoxy) is 2. The van der Waals surface area contributed by atoms with E-state index in [1.54, 1.807) is 6.20 Å². The first-order valence-corrected chi connectivity index (χ1v) is 7.92. The molecule has 21 heavy (non-hydrogen) atoms. The van der Waals surface area contributed by atoms with Crippen LogP contribution in [0.25, 0.3) is 0 Å². The molecular weight excluding hydrogens is 288 g/mol. The fraction of sp³-hybridized carbons (Fsp3) is 0.688. The summed E-state index contributed by atoms with van der Waals surface area (Å²) >= 11 is 6.18. The van der Waals surface area contributed by atoms with E-state index in [2.05, 4.69) is 38.0 Å². The average molecular weight is 315 g/mol. The molecule has 0 saturated carbocycles. The van der Waals surface area contributed by atoms with Crippen molar-refractivity contribution in [2.75, 3.05) is 26.4 Å². The van der Waals surface area contributed by atoms with E-state index in [1.807, 2.05) is 6.07 Å². The van der Waals surface area contributed by atoms with Crippen LogP contribution in [0.15, 0.2) is 12.3 Å². The van der Waals surface area contributed by atoms with Crippen LogP contribution < -0.4 is 10.1 Å². The molecule has 0 spiro atoms. The summed E-state index contributed by atoms with van der Waals surface area (Å²) in [4.78, 5) is 4.26. The first-order chi connectivity index (χ1) is 9.99. The number of nitrogens with zero attached hydrogens (tertiary/aromatic N) is 1. The second kappa shape index (κ2) is 9.98. The summed E-state index contributed by atoms with van der Waals surface area (Å²) in [5, 5.41) is 3.90. The van der Waals surface area contributed by atoms with Crippen LogP contribution >= 0.6 is 11.6 Å². The van der Waals surface area contributed by atoms with Crippen LogP contribution in [0.4, 0.5) is 0 Å². The van der Waals surface area contributed by atoms with Gasteiger partial charge in [-0.05, 0) is 30.0 Å². The average Bonchev–Trinajstić information content (AvgIpc) is 2.39. The molecule has 0 aliphatic carbocycles. The molecule has 0 amide bonds. The minimum absolute atomic E-state index is 0.463. The van der Waals surface area contributed by atoms with Crippen molar-refractivity contribution in [3.63, 3.8) is 0 Å². The summed E-state index contributed by atoms with van der Waals surface area (Å²) in [7, 11) is 0. The van der Waals surface area contributed by atoms with Crippen LogP contribution in [0.5, 0.6) is 5.88 Å². The highest BCUT2D eigenvalue weighted by atomic mass is 35.5. The Morgan fingerprint density at radius 3 is 2.57 bits per heavy atom. The Bertz CT molecular complexity index is 411. The van der Waals surface area contributed by atoms with E-state index >= 15 is 0 Å². The number of pyridine rings is 1. The van der Waals surface area contributed by atoms with E-state index in [0.29, 0.717) is 36.0 Å². The van der Waals surface area contributed by atoms with Gasteiger partial charge in [-0.25, -0.2) is 4.98 Å². The Morgan fingerprint density at radius 2 is 1.95 bits per heavy atom. The molecule has 1 heterocycles. The Morgan fingerprint density at radius 1 is 1.19 bits per heavy atom. The summed E-state index contributed by atoms with van der Waals surface area (Å²) in [6.07, 6.45) is 1.80. The summed E-state index contributed by atoms with van der Waals surface area (Å²) < 4.78 is 11.0. The summed E-state index contributed by atoms with van der Waals surface area (Å²) in [5.74, 6) is 1.63. The van der Waals surface area contributed by atoms with Gasteiger partial charge < -0.3 is 14.8 Å². The van der Waals surface area contributed by atoms with Gasteiger partial charge in [0.25, 0.3) is 0 Å². The van der Waals surface area contributed by atoms with Gasteiger partial charge in [0.2, 0.25) is 5.88 Å². The lowest BCUT2D eigenvalue weighted by atomic mass is 10.2. The molecule has 0 atom stereocenters. The molecule has 1 N–H and O–H groups in total. The number of nitrogens with one attached hydrogen (secondary N) is 1. The third-order valence-corrected chi connectivity index (χ3v) is 2.93. The predicted octanol–water partition coefficient (Wildman–Crippen LogP) is 3.53. The quantitative estimate of drug-likeness (QED) is 0.671. The first-order valence-electron chi connectivity index (χ1n) is 7.54. The number of rotatable bonds is 10. The fourth-order valence-corrected chi connectivity index (χ4v) is 1.93. The molecule has 0 fully saturated rings. The van der Waals surface area contributed by atoms with E-state index in [9.17, 15) is 0 Å². The van der Waals surface area contributed by atoms with Gasteiger partial charge >= 0.3 is 0 Å². The number of halogens is 1. The van der Waals surface area contributed by atoms with Crippen LogP contribution in [0.2, 0.25) is 5.02 Å². The molecule has 0 saturated heterocycles. The smallest absolute Gasteiger partial charge is 0.232 e. The molecule has 0 radical (unpaired) electrons. The zero-order valence-corrected chi connectivity index (χ0v) is 14.2. The van der Waals surface area contributed by atoms with Crippen molar-refractivity contribution >= 4 is 11.6 Å². The SMILES string of the molecule is CC(C)CNCc1cnc(OCCOCC(C)C)c(Cl)c1. The van der Waals surface area contributed by atoms with Crippen LogP contribution in [-0.2, 0) is 11.3 Å². The first kappa shape index (κ1) is 18.2. The highest BCUT2D eigenvalue weighted by molar-refractivity contribution is 6.31. The molecule has 0 unspecified atom stereocenters. The number of hydrogen-bond donors (Lipinski definition) is 1. The molecule has 0 bridgehead atoms. The van der Waals surface area contributed by atoms with Crippen molar-refractivity contribution in [2.24, 2.45) is 11.8 Å². The second-order valence-corrected chi connectivity index (χ2v) is 6.38. The Balaban J connectivity index is 2.33. The third kappa shape index (κ3) is 8.24. The highest BCUT2D eigenvalue weighted by Gasteiger charge is 2.05. The van der Waals surface area contributed by atoms with Gasteiger partial charge in [0.1, 0.15) is 11.6 Å². The van der Waals surface area contributed by atoms with E-state index in [-0.39, 0.29) is 0 Å². The zero-order valence-electron chi connectivity index (χ0n) is 13.5. The largest absolute Gasteiger partial charge is 0.474 e. The second-order valence-electron chi connectivity index (χ2n) is 5.97. The minimum atomic E-state index is 0.463. The maximum Gasteiger partial charge on any atom is 0.232 e. The van der Waals surface area contributed by atoms with Crippen LogP contribution in [0.1, 0.15) is 33.3 Å². The number of aromatic nitrogens is 1. The van der Waals surface area contributed by atoms with Crippen molar-refractivity contribution in [3.8, 4) is 5.88 Å². The van der Waals surface area contributed by atoms with Crippen LogP contribution in [-0.4, -0.2) is 31.3 Å². The predicted molar refractivity (Wildman–Crippen MR) is 86.9 cm³/mol. The van der Waals surface area contributed by atoms with E-state index < -0.39 is 0 Å². The maximum atomic E-state index is 6.18. The molecule has 120 valence electrons. The lowest BCUT2D eigenvalue weighted by molar-refractivity contribution is 0.0806. The third-order valence-electron chi connectivity index (χ3n) is 2.66. The molecular formula is C16H27ClN2O2. The molecule has 0 aromatic carbocycles.